The third kappa shape index (κ3) is 4.02. The summed E-state index contributed by atoms with van der Waals surface area (Å²) < 4.78 is 0. The van der Waals surface area contributed by atoms with E-state index in [1.165, 1.54) is 0 Å². The Kier molecular flexibility index (Phi) is 5.27. The Labute approximate surface area is 125 Å². The van der Waals surface area contributed by atoms with Crippen LogP contribution in [0.15, 0.2) is 59.6 Å². The van der Waals surface area contributed by atoms with Crippen LogP contribution in [0.2, 0.25) is 0 Å². The van der Waals surface area contributed by atoms with Crippen LogP contribution in [0.5, 0.6) is 0 Å². The summed E-state index contributed by atoms with van der Waals surface area (Å²) in [5.74, 6) is 0.157. The van der Waals surface area contributed by atoms with Gasteiger partial charge in [0.25, 0.3) is 0 Å². The number of Topliss-reactive ketones (excluding diaryl/α,β-unsaturated/α-hetero) is 1. The summed E-state index contributed by atoms with van der Waals surface area (Å²) >= 11 is 0. The van der Waals surface area contributed by atoms with Crippen molar-refractivity contribution in [1.29, 1.82) is 0 Å². The van der Waals surface area contributed by atoms with E-state index < -0.39 is 0 Å². The topological polar surface area (TPSA) is 32.7 Å². The lowest BCUT2D eigenvalue weighted by Crippen LogP contribution is -2.19. The molecule has 0 saturated carbocycles. The predicted octanol–water partition coefficient (Wildman–Crippen LogP) is 4.47. The molecule has 0 saturated heterocycles. The minimum Gasteiger partial charge on any atom is -0.333 e. The van der Waals surface area contributed by atoms with Crippen molar-refractivity contribution >= 4 is 23.5 Å². The van der Waals surface area contributed by atoms with Crippen LogP contribution in [0.4, 0.5) is 11.4 Å². The molecule has 2 aromatic carbocycles. The van der Waals surface area contributed by atoms with Gasteiger partial charge in [-0.3, -0.25) is 4.79 Å². The van der Waals surface area contributed by atoms with Gasteiger partial charge in [-0.05, 0) is 43.3 Å². The largest absolute Gasteiger partial charge is 0.333 e. The van der Waals surface area contributed by atoms with Crippen molar-refractivity contribution in [1.82, 2.24) is 0 Å². The van der Waals surface area contributed by atoms with Crippen molar-refractivity contribution in [2.75, 3.05) is 11.4 Å². The standard InChI is InChI=1S/C18H20N2O/c1-3-18(21)15-10-12-16(13-11-15)19-14-20(4-2)17-8-6-5-7-9-17/h5-14H,3-4H2,1-2H3. The molecule has 0 aliphatic carbocycles. The first kappa shape index (κ1) is 15.0. The van der Waals surface area contributed by atoms with Crippen molar-refractivity contribution in [3.63, 3.8) is 0 Å². The van der Waals surface area contributed by atoms with Crippen LogP contribution in [0.25, 0.3) is 0 Å². The normalized spacial score (nSPS) is 10.8. The van der Waals surface area contributed by atoms with Gasteiger partial charge in [0.05, 0.1) is 12.0 Å². The molecule has 0 atom stereocenters. The molecule has 0 unspecified atom stereocenters. The average Bonchev–Trinajstić information content (AvgIpc) is 2.56. The molecular formula is C18H20N2O. The van der Waals surface area contributed by atoms with Crippen molar-refractivity contribution in [2.24, 2.45) is 4.99 Å². The second-order valence-corrected chi connectivity index (χ2v) is 4.69. The molecule has 21 heavy (non-hydrogen) atoms. The van der Waals surface area contributed by atoms with Crippen molar-refractivity contribution < 1.29 is 4.79 Å². The Morgan fingerprint density at radius 3 is 2.29 bits per heavy atom. The van der Waals surface area contributed by atoms with E-state index in [0.717, 1.165) is 23.5 Å². The number of anilines is 1. The lowest BCUT2D eigenvalue weighted by Gasteiger charge is -2.16. The molecule has 0 aliphatic rings. The van der Waals surface area contributed by atoms with Crippen LogP contribution in [-0.4, -0.2) is 18.7 Å². The third-order valence-electron chi connectivity index (χ3n) is 3.29. The second kappa shape index (κ2) is 7.39. The number of benzene rings is 2. The molecule has 0 amide bonds. The van der Waals surface area contributed by atoms with E-state index in [4.69, 9.17) is 0 Å². The van der Waals surface area contributed by atoms with Gasteiger partial charge in [0.2, 0.25) is 0 Å². The van der Waals surface area contributed by atoms with Crippen molar-refractivity contribution in [2.45, 2.75) is 20.3 Å². The minimum absolute atomic E-state index is 0.157. The maximum atomic E-state index is 11.6. The van der Waals surface area contributed by atoms with Gasteiger partial charge in [-0.1, -0.05) is 25.1 Å². The molecule has 0 spiro atoms. The molecule has 0 aliphatic heterocycles. The van der Waals surface area contributed by atoms with Crippen LogP contribution in [0.1, 0.15) is 30.6 Å². The van der Waals surface area contributed by atoms with Crippen LogP contribution >= 0.6 is 0 Å². The molecule has 3 nitrogen and oxygen atoms in total. The number of ketones is 1. The zero-order valence-electron chi connectivity index (χ0n) is 12.5. The Morgan fingerprint density at radius 2 is 1.71 bits per heavy atom. The summed E-state index contributed by atoms with van der Waals surface area (Å²) in [6.07, 6.45) is 2.35. The van der Waals surface area contributed by atoms with Crippen LogP contribution in [-0.2, 0) is 0 Å². The van der Waals surface area contributed by atoms with E-state index in [9.17, 15) is 4.79 Å². The highest BCUT2D eigenvalue weighted by molar-refractivity contribution is 5.96. The fourth-order valence-electron chi connectivity index (χ4n) is 2.02. The average molecular weight is 280 g/mol. The monoisotopic (exact) mass is 280 g/mol. The fourth-order valence-corrected chi connectivity index (χ4v) is 2.02. The lowest BCUT2D eigenvalue weighted by atomic mass is 10.1. The van der Waals surface area contributed by atoms with E-state index in [1.807, 2.05) is 55.7 Å². The molecule has 0 radical (unpaired) electrons. The molecule has 3 heteroatoms. The van der Waals surface area contributed by atoms with Crippen molar-refractivity contribution in [3.05, 3.63) is 60.2 Å². The summed E-state index contributed by atoms with van der Waals surface area (Å²) in [6.45, 7) is 4.80. The van der Waals surface area contributed by atoms with Gasteiger partial charge in [-0.2, -0.15) is 0 Å². The van der Waals surface area contributed by atoms with Gasteiger partial charge in [0, 0.05) is 24.2 Å². The van der Waals surface area contributed by atoms with E-state index in [1.54, 1.807) is 0 Å². The number of carbonyl (C=O) groups is 1. The number of nitrogens with zero attached hydrogens (tertiary/aromatic N) is 2. The van der Waals surface area contributed by atoms with E-state index in [-0.39, 0.29) is 5.78 Å². The molecule has 0 N–H and O–H groups in total. The molecule has 2 rings (SSSR count). The first-order chi connectivity index (χ1) is 10.2. The SMILES string of the molecule is CCC(=O)c1ccc(N=CN(CC)c2ccccc2)cc1. The maximum Gasteiger partial charge on any atom is 0.162 e. The summed E-state index contributed by atoms with van der Waals surface area (Å²) in [6, 6.07) is 17.5. The second-order valence-electron chi connectivity index (χ2n) is 4.69. The first-order valence-corrected chi connectivity index (χ1v) is 7.23. The van der Waals surface area contributed by atoms with Crippen LogP contribution in [0.3, 0.4) is 0 Å². The van der Waals surface area contributed by atoms with Crippen LogP contribution in [0, 0.1) is 0 Å². The molecular weight excluding hydrogens is 260 g/mol. The minimum atomic E-state index is 0.157. The van der Waals surface area contributed by atoms with Gasteiger partial charge in [-0.25, -0.2) is 4.99 Å². The zero-order valence-corrected chi connectivity index (χ0v) is 12.5. The Bertz CT molecular complexity index is 603. The molecule has 0 bridgehead atoms. The van der Waals surface area contributed by atoms with E-state index in [2.05, 4.69) is 28.9 Å². The zero-order chi connectivity index (χ0) is 15.1. The highest BCUT2D eigenvalue weighted by atomic mass is 16.1. The van der Waals surface area contributed by atoms with E-state index in [0.29, 0.717) is 6.42 Å². The Hall–Kier alpha value is -2.42. The number of hydrogen-bond acceptors (Lipinski definition) is 2. The predicted molar refractivity (Wildman–Crippen MR) is 88.7 cm³/mol. The summed E-state index contributed by atoms with van der Waals surface area (Å²) in [5.41, 5.74) is 2.70. The molecule has 108 valence electrons. The van der Waals surface area contributed by atoms with E-state index >= 15 is 0 Å². The fraction of sp³-hybridized carbons (Fsp3) is 0.222. The van der Waals surface area contributed by atoms with Crippen LogP contribution < -0.4 is 4.90 Å². The molecule has 0 aromatic heterocycles. The number of carbonyl (C=O) groups excluding carboxylic acids is 1. The summed E-state index contributed by atoms with van der Waals surface area (Å²) in [4.78, 5) is 18.1. The highest BCUT2D eigenvalue weighted by Gasteiger charge is 2.02. The molecule has 0 heterocycles. The highest BCUT2D eigenvalue weighted by Crippen LogP contribution is 2.16. The van der Waals surface area contributed by atoms with Gasteiger partial charge < -0.3 is 4.90 Å². The number of aliphatic imine (C=N–C) groups is 1. The van der Waals surface area contributed by atoms with Gasteiger partial charge in [-0.15, -0.1) is 0 Å². The first-order valence-electron chi connectivity index (χ1n) is 7.23. The summed E-state index contributed by atoms with van der Waals surface area (Å²) in [5, 5.41) is 0. The lowest BCUT2D eigenvalue weighted by molar-refractivity contribution is 0.0988. The maximum absolute atomic E-state index is 11.6. The van der Waals surface area contributed by atoms with Crippen molar-refractivity contribution in [3.8, 4) is 0 Å². The molecule has 0 fully saturated rings. The summed E-state index contributed by atoms with van der Waals surface area (Å²) in [7, 11) is 0. The van der Waals surface area contributed by atoms with Gasteiger partial charge in [0.15, 0.2) is 5.78 Å². The van der Waals surface area contributed by atoms with Gasteiger partial charge >= 0.3 is 0 Å². The number of rotatable bonds is 6. The number of hydrogen-bond donors (Lipinski definition) is 0. The van der Waals surface area contributed by atoms with Gasteiger partial charge in [0.1, 0.15) is 0 Å². The molecule has 2 aromatic rings. The Morgan fingerprint density at radius 1 is 1.05 bits per heavy atom. The quantitative estimate of drug-likeness (QED) is 0.444. The third-order valence-corrected chi connectivity index (χ3v) is 3.29. The number of para-hydroxylation sites is 1. The smallest absolute Gasteiger partial charge is 0.162 e. The Balaban J connectivity index is 2.11.